The van der Waals surface area contributed by atoms with Gasteiger partial charge in [-0.25, -0.2) is 0 Å². The summed E-state index contributed by atoms with van der Waals surface area (Å²) < 4.78 is 0. The van der Waals surface area contributed by atoms with Gasteiger partial charge in [-0.3, -0.25) is 4.79 Å². The van der Waals surface area contributed by atoms with Gasteiger partial charge >= 0.3 is 0 Å². The second-order valence-electron chi connectivity index (χ2n) is 2.72. The average molecular weight is 159 g/mol. The molecule has 4 heteroatoms. The van der Waals surface area contributed by atoms with Crippen LogP contribution in [0.25, 0.3) is 0 Å². The molecule has 0 aromatic carbocycles. The first kappa shape index (κ1) is 10.4. The molecular formula is C7H17N3O. The van der Waals surface area contributed by atoms with Gasteiger partial charge in [-0.05, 0) is 13.5 Å². The molecule has 0 aromatic rings. The molecule has 66 valence electrons. The molecule has 0 rings (SSSR count). The Labute approximate surface area is 67.5 Å². The molecule has 0 aliphatic carbocycles. The number of nitrogens with one attached hydrogen (secondary N) is 2. The van der Waals surface area contributed by atoms with Crippen molar-refractivity contribution in [2.45, 2.75) is 25.9 Å². The highest BCUT2D eigenvalue weighted by Crippen LogP contribution is 1.98. The third-order valence-electron chi connectivity index (χ3n) is 1.55. The van der Waals surface area contributed by atoms with E-state index in [-0.39, 0.29) is 5.91 Å². The lowest BCUT2D eigenvalue weighted by Crippen LogP contribution is -2.60. The van der Waals surface area contributed by atoms with Crippen molar-refractivity contribution >= 4 is 5.91 Å². The van der Waals surface area contributed by atoms with Crippen molar-refractivity contribution in [1.29, 1.82) is 0 Å². The third kappa shape index (κ3) is 3.95. The number of carbonyl (C=O) groups is 1. The minimum atomic E-state index is -0.597. The molecule has 0 bridgehead atoms. The third-order valence-corrected chi connectivity index (χ3v) is 1.55. The molecule has 0 radical (unpaired) electrons. The molecule has 1 unspecified atom stereocenters. The van der Waals surface area contributed by atoms with E-state index in [0.717, 1.165) is 0 Å². The Morgan fingerprint density at radius 2 is 2.18 bits per heavy atom. The molecule has 0 fully saturated rings. The maximum Gasteiger partial charge on any atom is 0.218 e. The maximum absolute atomic E-state index is 10.7. The predicted octanol–water partition coefficient (Wildman–Crippen LogP) is -0.593. The van der Waals surface area contributed by atoms with Gasteiger partial charge in [-0.1, -0.05) is 6.92 Å². The van der Waals surface area contributed by atoms with Crippen molar-refractivity contribution in [2.24, 2.45) is 5.73 Å². The van der Waals surface area contributed by atoms with E-state index in [1.807, 2.05) is 6.92 Å². The van der Waals surface area contributed by atoms with Crippen LogP contribution >= 0.6 is 0 Å². The lowest BCUT2D eigenvalue weighted by Gasteiger charge is -2.28. The highest BCUT2D eigenvalue weighted by atomic mass is 16.1. The van der Waals surface area contributed by atoms with Crippen LogP contribution in [0.2, 0.25) is 0 Å². The summed E-state index contributed by atoms with van der Waals surface area (Å²) in [6.07, 6.45) is 0.716. The summed E-state index contributed by atoms with van der Waals surface area (Å²) in [5.74, 6) is -0.0930. The molecule has 1 atom stereocenters. The van der Waals surface area contributed by atoms with Gasteiger partial charge in [0.15, 0.2) is 0 Å². The van der Waals surface area contributed by atoms with Gasteiger partial charge in [-0.15, -0.1) is 0 Å². The molecule has 0 aliphatic heterocycles. The number of rotatable bonds is 4. The smallest absolute Gasteiger partial charge is 0.218 e. The predicted molar refractivity (Wildman–Crippen MR) is 45.0 cm³/mol. The lowest BCUT2D eigenvalue weighted by molar-refractivity contribution is -0.120. The van der Waals surface area contributed by atoms with Crippen molar-refractivity contribution < 1.29 is 4.79 Å². The van der Waals surface area contributed by atoms with Crippen LogP contribution in [-0.4, -0.2) is 25.2 Å². The van der Waals surface area contributed by atoms with Gasteiger partial charge < -0.3 is 16.4 Å². The van der Waals surface area contributed by atoms with E-state index in [4.69, 9.17) is 5.73 Å². The van der Waals surface area contributed by atoms with E-state index < -0.39 is 5.66 Å². The number of hydrogen-bond donors (Lipinski definition) is 3. The molecule has 0 aromatic heterocycles. The van der Waals surface area contributed by atoms with Crippen LogP contribution in [0.1, 0.15) is 20.3 Å². The van der Waals surface area contributed by atoms with Gasteiger partial charge in [0.05, 0.1) is 0 Å². The SMILES string of the molecule is CCC(N)(CNC)NC(C)=O. The number of hydrogen-bond acceptors (Lipinski definition) is 3. The van der Waals surface area contributed by atoms with Crippen LogP contribution in [0.15, 0.2) is 0 Å². The number of likely N-dealkylation sites (N-methyl/N-ethyl adjacent to an activating group) is 1. The summed E-state index contributed by atoms with van der Waals surface area (Å²) in [4.78, 5) is 10.7. The molecule has 4 nitrogen and oxygen atoms in total. The summed E-state index contributed by atoms with van der Waals surface area (Å²) in [6, 6.07) is 0. The quantitative estimate of drug-likeness (QED) is 0.480. The molecule has 0 saturated carbocycles. The van der Waals surface area contributed by atoms with Crippen molar-refractivity contribution in [1.82, 2.24) is 10.6 Å². The average Bonchev–Trinajstić information content (AvgIpc) is 1.87. The second kappa shape index (κ2) is 4.31. The van der Waals surface area contributed by atoms with Gasteiger partial charge in [0, 0.05) is 13.5 Å². The van der Waals surface area contributed by atoms with Crippen molar-refractivity contribution in [3.8, 4) is 0 Å². The van der Waals surface area contributed by atoms with E-state index in [9.17, 15) is 4.79 Å². The fourth-order valence-corrected chi connectivity index (χ4v) is 0.924. The topological polar surface area (TPSA) is 67.2 Å². The Bertz CT molecular complexity index is 138. The molecule has 0 spiro atoms. The zero-order valence-electron chi connectivity index (χ0n) is 7.40. The van der Waals surface area contributed by atoms with Crippen molar-refractivity contribution in [3.63, 3.8) is 0 Å². The highest BCUT2D eigenvalue weighted by Gasteiger charge is 2.21. The van der Waals surface area contributed by atoms with Crippen molar-refractivity contribution in [2.75, 3.05) is 13.6 Å². The van der Waals surface area contributed by atoms with E-state index in [0.29, 0.717) is 13.0 Å². The highest BCUT2D eigenvalue weighted by molar-refractivity contribution is 5.73. The molecule has 1 amide bonds. The van der Waals surface area contributed by atoms with Crippen LogP contribution < -0.4 is 16.4 Å². The fraction of sp³-hybridized carbons (Fsp3) is 0.857. The van der Waals surface area contributed by atoms with Gasteiger partial charge in [0.25, 0.3) is 0 Å². The molecule has 0 heterocycles. The van der Waals surface area contributed by atoms with E-state index in [2.05, 4.69) is 10.6 Å². The molecule has 11 heavy (non-hydrogen) atoms. The zero-order chi connectivity index (χ0) is 8.91. The van der Waals surface area contributed by atoms with Crippen molar-refractivity contribution in [3.05, 3.63) is 0 Å². The van der Waals surface area contributed by atoms with E-state index in [1.165, 1.54) is 6.92 Å². The molecule has 4 N–H and O–H groups in total. The summed E-state index contributed by atoms with van der Waals surface area (Å²) in [5, 5.41) is 5.61. The number of nitrogens with two attached hydrogens (primary N) is 1. The second-order valence-corrected chi connectivity index (χ2v) is 2.72. The molecule has 0 saturated heterocycles. The zero-order valence-corrected chi connectivity index (χ0v) is 7.40. The number of carbonyl (C=O) groups excluding carboxylic acids is 1. The van der Waals surface area contributed by atoms with Crippen LogP contribution in [0.4, 0.5) is 0 Å². The van der Waals surface area contributed by atoms with Crippen LogP contribution in [-0.2, 0) is 4.79 Å². The Morgan fingerprint density at radius 1 is 1.64 bits per heavy atom. The minimum Gasteiger partial charge on any atom is -0.337 e. The van der Waals surface area contributed by atoms with Gasteiger partial charge in [0.2, 0.25) is 5.91 Å². The van der Waals surface area contributed by atoms with Gasteiger partial charge in [-0.2, -0.15) is 0 Å². The monoisotopic (exact) mass is 159 g/mol. The fourth-order valence-electron chi connectivity index (χ4n) is 0.924. The largest absolute Gasteiger partial charge is 0.337 e. The van der Waals surface area contributed by atoms with E-state index >= 15 is 0 Å². The molecular weight excluding hydrogens is 142 g/mol. The summed E-state index contributed by atoms with van der Waals surface area (Å²) in [7, 11) is 1.80. The normalized spacial score (nSPS) is 15.6. The first-order valence-corrected chi connectivity index (χ1v) is 3.76. The number of amides is 1. The Balaban J connectivity index is 3.98. The summed E-state index contributed by atoms with van der Waals surface area (Å²) in [5.41, 5.74) is 5.22. The van der Waals surface area contributed by atoms with E-state index in [1.54, 1.807) is 7.05 Å². The Kier molecular flexibility index (Phi) is 4.07. The first-order valence-electron chi connectivity index (χ1n) is 3.76. The lowest BCUT2D eigenvalue weighted by atomic mass is 10.1. The standard InChI is InChI=1S/C7H17N3O/c1-4-7(8,5-9-3)10-6(2)11/h9H,4-5,8H2,1-3H3,(H,10,11). The van der Waals surface area contributed by atoms with Crippen LogP contribution in [0.3, 0.4) is 0 Å². The Hall–Kier alpha value is -0.610. The van der Waals surface area contributed by atoms with Gasteiger partial charge in [0.1, 0.15) is 5.66 Å². The minimum absolute atomic E-state index is 0.0930. The molecule has 0 aliphatic rings. The van der Waals surface area contributed by atoms with Crippen LogP contribution in [0, 0.1) is 0 Å². The Morgan fingerprint density at radius 3 is 2.45 bits per heavy atom. The van der Waals surface area contributed by atoms with Crippen LogP contribution in [0.5, 0.6) is 0 Å². The first-order chi connectivity index (χ1) is 5.04. The summed E-state index contributed by atoms with van der Waals surface area (Å²) >= 11 is 0. The maximum atomic E-state index is 10.7. The summed E-state index contributed by atoms with van der Waals surface area (Å²) in [6.45, 7) is 3.99.